The van der Waals surface area contributed by atoms with Gasteiger partial charge in [-0.15, -0.1) is 0 Å². The number of ether oxygens (including phenoxy) is 2. The normalized spacial score (nSPS) is 9.95. The van der Waals surface area contributed by atoms with Gasteiger partial charge >= 0.3 is 5.97 Å². The van der Waals surface area contributed by atoms with Crippen molar-refractivity contribution in [3.05, 3.63) is 64.2 Å². The summed E-state index contributed by atoms with van der Waals surface area (Å²) in [5.41, 5.74) is 0.767. The summed E-state index contributed by atoms with van der Waals surface area (Å²) in [6.07, 6.45) is 0.161. The zero-order chi connectivity index (χ0) is 15.2. The van der Waals surface area contributed by atoms with Crippen molar-refractivity contribution in [1.29, 1.82) is 0 Å². The van der Waals surface area contributed by atoms with E-state index in [-0.39, 0.29) is 18.1 Å². The zero-order valence-corrected chi connectivity index (χ0v) is 11.3. The second-order valence-electron chi connectivity index (χ2n) is 4.25. The minimum absolute atomic E-state index is 0.00166. The molecule has 0 unspecified atom stereocenters. The SMILES string of the molecule is COC(=O)Cc1cccc(Oc2ccc([N+](=O)[O-])cc2)c1. The lowest BCUT2D eigenvalue weighted by molar-refractivity contribution is -0.384. The molecule has 0 atom stereocenters. The molecule has 0 amide bonds. The summed E-state index contributed by atoms with van der Waals surface area (Å²) < 4.78 is 10.2. The Morgan fingerprint density at radius 3 is 2.48 bits per heavy atom. The number of carbonyl (C=O) groups excluding carboxylic acids is 1. The number of nitro groups is 1. The highest BCUT2D eigenvalue weighted by atomic mass is 16.6. The smallest absolute Gasteiger partial charge is 0.309 e. The molecule has 0 aliphatic carbocycles. The zero-order valence-electron chi connectivity index (χ0n) is 11.3. The molecule has 2 rings (SSSR count). The first-order valence-electron chi connectivity index (χ1n) is 6.16. The Hall–Kier alpha value is -2.89. The fourth-order valence-electron chi connectivity index (χ4n) is 1.73. The van der Waals surface area contributed by atoms with Gasteiger partial charge in [0.05, 0.1) is 18.5 Å². The molecule has 6 heteroatoms. The molecule has 0 aliphatic rings. The molecule has 0 spiro atoms. The number of carbonyl (C=O) groups is 1. The van der Waals surface area contributed by atoms with Crippen molar-refractivity contribution < 1.29 is 19.2 Å². The van der Waals surface area contributed by atoms with Crippen LogP contribution in [0.25, 0.3) is 0 Å². The van der Waals surface area contributed by atoms with E-state index in [1.807, 2.05) is 0 Å². The van der Waals surface area contributed by atoms with E-state index in [0.29, 0.717) is 11.5 Å². The number of esters is 1. The first kappa shape index (κ1) is 14.5. The summed E-state index contributed by atoms with van der Waals surface area (Å²) in [6.45, 7) is 0. The highest BCUT2D eigenvalue weighted by molar-refractivity contribution is 5.72. The average Bonchev–Trinajstić information content (AvgIpc) is 2.48. The average molecular weight is 287 g/mol. The Morgan fingerprint density at radius 1 is 1.14 bits per heavy atom. The number of nitro benzene ring substituents is 1. The number of methoxy groups -OCH3 is 1. The van der Waals surface area contributed by atoms with Crippen LogP contribution in [0.4, 0.5) is 5.69 Å². The minimum atomic E-state index is -0.471. The Balaban J connectivity index is 2.10. The second kappa shape index (κ2) is 6.51. The predicted octanol–water partition coefficient (Wildman–Crippen LogP) is 3.10. The molecule has 6 nitrogen and oxygen atoms in total. The maximum absolute atomic E-state index is 11.2. The van der Waals surface area contributed by atoms with Crippen LogP contribution in [0, 0.1) is 10.1 Å². The first-order chi connectivity index (χ1) is 10.1. The minimum Gasteiger partial charge on any atom is -0.469 e. The van der Waals surface area contributed by atoms with Crippen molar-refractivity contribution in [2.24, 2.45) is 0 Å². The van der Waals surface area contributed by atoms with Crippen LogP contribution in [0.3, 0.4) is 0 Å². The van der Waals surface area contributed by atoms with E-state index in [9.17, 15) is 14.9 Å². The standard InChI is InChI=1S/C15H13NO5/c1-20-15(17)10-11-3-2-4-14(9-11)21-13-7-5-12(6-8-13)16(18)19/h2-9H,10H2,1H3. The molecule has 0 saturated heterocycles. The number of benzene rings is 2. The van der Waals surface area contributed by atoms with E-state index < -0.39 is 4.92 Å². The summed E-state index contributed by atoms with van der Waals surface area (Å²) in [4.78, 5) is 21.3. The Kier molecular flexibility index (Phi) is 4.50. The van der Waals surface area contributed by atoms with Crippen LogP contribution < -0.4 is 4.74 Å². The van der Waals surface area contributed by atoms with Gasteiger partial charge in [0.25, 0.3) is 5.69 Å². The maximum Gasteiger partial charge on any atom is 0.309 e. The molecule has 0 fully saturated rings. The lowest BCUT2D eigenvalue weighted by atomic mass is 10.1. The molecule has 0 radical (unpaired) electrons. The van der Waals surface area contributed by atoms with Gasteiger partial charge in [0, 0.05) is 12.1 Å². The molecule has 0 N–H and O–H groups in total. The van der Waals surface area contributed by atoms with E-state index >= 15 is 0 Å². The van der Waals surface area contributed by atoms with Crippen LogP contribution >= 0.6 is 0 Å². The number of nitrogens with zero attached hydrogens (tertiary/aromatic N) is 1. The molecule has 0 bridgehead atoms. The van der Waals surface area contributed by atoms with E-state index in [1.165, 1.54) is 31.4 Å². The Labute approximate surface area is 121 Å². The first-order valence-corrected chi connectivity index (χ1v) is 6.16. The van der Waals surface area contributed by atoms with E-state index in [1.54, 1.807) is 24.3 Å². The van der Waals surface area contributed by atoms with Crippen LogP contribution in [-0.4, -0.2) is 18.0 Å². The third kappa shape index (κ3) is 4.04. The van der Waals surface area contributed by atoms with Gasteiger partial charge in [0.1, 0.15) is 11.5 Å². The lowest BCUT2D eigenvalue weighted by Gasteiger charge is -2.07. The van der Waals surface area contributed by atoms with Crippen LogP contribution in [-0.2, 0) is 16.0 Å². The number of rotatable bonds is 5. The lowest BCUT2D eigenvalue weighted by Crippen LogP contribution is -2.04. The Morgan fingerprint density at radius 2 is 1.86 bits per heavy atom. The molecule has 0 aliphatic heterocycles. The summed E-state index contributed by atoms with van der Waals surface area (Å²) in [5, 5.41) is 10.6. The summed E-state index contributed by atoms with van der Waals surface area (Å²) >= 11 is 0. The number of non-ortho nitro benzene ring substituents is 1. The van der Waals surface area contributed by atoms with Crippen LogP contribution in [0.15, 0.2) is 48.5 Å². The van der Waals surface area contributed by atoms with Gasteiger partial charge in [-0.1, -0.05) is 12.1 Å². The monoisotopic (exact) mass is 287 g/mol. The van der Waals surface area contributed by atoms with Crippen molar-refractivity contribution >= 4 is 11.7 Å². The van der Waals surface area contributed by atoms with Gasteiger partial charge in [0.15, 0.2) is 0 Å². The van der Waals surface area contributed by atoms with Gasteiger partial charge in [-0.25, -0.2) is 0 Å². The van der Waals surface area contributed by atoms with Crippen LogP contribution in [0.2, 0.25) is 0 Å². The third-order valence-corrected chi connectivity index (χ3v) is 2.76. The summed E-state index contributed by atoms with van der Waals surface area (Å²) in [7, 11) is 1.33. The summed E-state index contributed by atoms with van der Waals surface area (Å²) in [6, 6.07) is 12.8. The van der Waals surface area contributed by atoms with E-state index in [4.69, 9.17) is 4.74 Å². The van der Waals surface area contributed by atoms with Crippen molar-refractivity contribution in [3.63, 3.8) is 0 Å². The fourth-order valence-corrected chi connectivity index (χ4v) is 1.73. The molecule has 2 aromatic carbocycles. The van der Waals surface area contributed by atoms with Crippen molar-refractivity contribution in [2.75, 3.05) is 7.11 Å². The predicted molar refractivity (Wildman–Crippen MR) is 75.3 cm³/mol. The Bertz CT molecular complexity index is 651. The van der Waals surface area contributed by atoms with Crippen LogP contribution in [0.5, 0.6) is 11.5 Å². The van der Waals surface area contributed by atoms with Crippen molar-refractivity contribution in [1.82, 2.24) is 0 Å². The highest BCUT2D eigenvalue weighted by Crippen LogP contribution is 2.24. The summed E-state index contributed by atoms with van der Waals surface area (Å²) in [5.74, 6) is 0.698. The van der Waals surface area contributed by atoms with Gasteiger partial charge in [-0.05, 0) is 29.8 Å². The molecule has 2 aromatic rings. The quantitative estimate of drug-likeness (QED) is 0.479. The molecule has 21 heavy (non-hydrogen) atoms. The van der Waals surface area contributed by atoms with Gasteiger partial charge < -0.3 is 9.47 Å². The topological polar surface area (TPSA) is 78.7 Å². The molecule has 0 aromatic heterocycles. The highest BCUT2D eigenvalue weighted by Gasteiger charge is 2.07. The largest absolute Gasteiger partial charge is 0.469 e. The van der Waals surface area contributed by atoms with E-state index in [2.05, 4.69) is 4.74 Å². The molecule has 108 valence electrons. The van der Waals surface area contributed by atoms with Crippen LogP contribution in [0.1, 0.15) is 5.56 Å². The second-order valence-corrected chi connectivity index (χ2v) is 4.25. The molecule has 0 saturated carbocycles. The van der Waals surface area contributed by atoms with Gasteiger partial charge in [0.2, 0.25) is 0 Å². The third-order valence-electron chi connectivity index (χ3n) is 2.76. The fraction of sp³-hybridized carbons (Fsp3) is 0.133. The van der Waals surface area contributed by atoms with E-state index in [0.717, 1.165) is 5.56 Å². The molecular weight excluding hydrogens is 274 g/mol. The molecule has 0 heterocycles. The number of hydrogen-bond acceptors (Lipinski definition) is 5. The maximum atomic E-state index is 11.2. The van der Waals surface area contributed by atoms with Crippen molar-refractivity contribution in [3.8, 4) is 11.5 Å². The molecular formula is C15H13NO5. The van der Waals surface area contributed by atoms with Crippen molar-refractivity contribution in [2.45, 2.75) is 6.42 Å². The van der Waals surface area contributed by atoms with Gasteiger partial charge in [-0.3, -0.25) is 14.9 Å². The number of hydrogen-bond donors (Lipinski definition) is 0. The van der Waals surface area contributed by atoms with Gasteiger partial charge in [-0.2, -0.15) is 0 Å².